The van der Waals surface area contributed by atoms with E-state index in [0.29, 0.717) is 6.42 Å². The van der Waals surface area contributed by atoms with Crippen molar-refractivity contribution in [3.63, 3.8) is 0 Å². The molecule has 0 radical (unpaired) electrons. The summed E-state index contributed by atoms with van der Waals surface area (Å²) in [7, 11) is -7.01. The van der Waals surface area contributed by atoms with Crippen LogP contribution < -0.4 is 138 Å². The Kier molecular flexibility index (Phi) is 92.5. The summed E-state index contributed by atoms with van der Waals surface area (Å²) in [6, 6.07) is 0. The topological polar surface area (TPSA) is 201 Å². The molecule has 284 valence electrons. The van der Waals surface area contributed by atoms with Crippen LogP contribution in [0.1, 0.15) is 194 Å². The zero-order valence-corrected chi connectivity index (χ0v) is 44.3. The summed E-state index contributed by atoms with van der Waals surface area (Å²) in [6.07, 6.45) is 42.1. The number of carboxylic acid groups (broad SMARTS) is 2. The van der Waals surface area contributed by atoms with Crippen LogP contribution in [0, 0.1) is 0 Å². The molecule has 0 aromatic heterocycles. The molecule has 0 amide bonds. The minimum absolute atomic E-state index is 0. The molecule has 0 fully saturated rings. The van der Waals surface area contributed by atoms with Gasteiger partial charge in [-0.05, 0) is 70.6 Å². The molecule has 0 rings (SSSR count). The third-order valence-corrected chi connectivity index (χ3v) is 7.30. The number of hydrogen-bond donors (Lipinski definition) is 2. The first kappa shape index (κ1) is 71.4. The Labute approximate surface area is 409 Å². The van der Waals surface area contributed by atoms with Crippen molar-refractivity contribution >= 4 is 30.3 Å². The minimum atomic E-state index is -3.63. The third kappa shape index (κ3) is 104. The zero-order valence-electron chi connectivity index (χ0n) is 34.3. The van der Waals surface area contributed by atoms with E-state index in [9.17, 15) is 14.7 Å². The minimum Gasteiger partial charge on any atom is -0.672 e. The van der Waals surface area contributed by atoms with E-state index in [0.717, 1.165) is 32.1 Å². The molecule has 16 heteroatoms. The van der Waals surface area contributed by atoms with Crippen molar-refractivity contribution in [1.82, 2.24) is 0 Å². The molecule has 0 spiro atoms. The first-order valence-electron chi connectivity index (χ1n) is 18.5. The van der Waals surface area contributed by atoms with Gasteiger partial charge in [-0.2, -0.15) is 0 Å². The van der Waals surface area contributed by atoms with Crippen LogP contribution in [0.4, 0.5) is 0 Å². The molecule has 0 bridgehead atoms. The van der Waals surface area contributed by atoms with Gasteiger partial charge in [-0.15, -0.1) is 0 Å². The fraction of sp³-hybridized carbons (Fsp3) is 0.833. The molecule has 10 nitrogen and oxygen atoms in total. The van der Waals surface area contributed by atoms with E-state index in [1.54, 1.807) is 0 Å². The fourth-order valence-corrected chi connectivity index (χ4v) is 4.69. The molecular weight excluding hydrogens is 741 g/mol. The van der Waals surface area contributed by atoms with Gasteiger partial charge >= 0.3 is 133 Å². The maximum atomic E-state index is 10.3. The van der Waals surface area contributed by atoms with Crippen molar-refractivity contribution in [2.45, 2.75) is 194 Å². The monoisotopic (exact) mass is 808 g/mol. The van der Waals surface area contributed by atoms with Gasteiger partial charge in [0, 0.05) is 21.6 Å². The standard InChI is InChI=1S/2C18H34O2.4Na.HO3Si.O3Si/c2*1-2-3-4-5-6-7-8-9-10-11-12-13-14-15-16-17-18(19)20;;;;;2*1-4(2)3/h2*9-10H,2-8,11-17H2,1H3,(H,19,20);;;;;1H;/q;;4*+1;-1;-2/p-1/b2*10-9-;;;;;;. The maximum Gasteiger partial charge on any atom is 1.00 e. The maximum absolute atomic E-state index is 10.3. The van der Waals surface area contributed by atoms with Crippen LogP contribution in [-0.4, -0.2) is 40.2 Å². The summed E-state index contributed by atoms with van der Waals surface area (Å²) >= 11 is 0. The number of hydrogen-bond acceptors (Lipinski definition) is 8. The summed E-state index contributed by atoms with van der Waals surface area (Å²) in [5, 5.41) is 18.7. The average molecular weight is 809 g/mol. The molecular formula is C36H68Na4O10Si2. The number of carboxylic acids is 2. The number of unbranched alkanes of at least 4 members (excludes halogenated alkanes) is 22. The summed E-state index contributed by atoms with van der Waals surface area (Å²) in [4.78, 5) is 53.3. The second kappa shape index (κ2) is 67.4. The predicted octanol–water partition coefficient (Wildman–Crippen LogP) is -6.22. The van der Waals surface area contributed by atoms with E-state index in [-0.39, 0.29) is 125 Å². The molecule has 0 saturated carbocycles. The molecule has 0 aromatic carbocycles. The second-order valence-corrected chi connectivity index (χ2v) is 13.0. The Bertz CT molecular complexity index is 711. The molecule has 0 aliphatic carbocycles. The summed E-state index contributed by atoms with van der Waals surface area (Å²) in [6.45, 7) is 4.51. The average Bonchev–Trinajstić information content (AvgIpc) is 3.00. The van der Waals surface area contributed by atoms with Crippen LogP contribution in [-0.2, 0) is 18.5 Å². The predicted molar refractivity (Wildman–Crippen MR) is 187 cm³/mol. The van der Waals surface area contributed by atoms with Crippen molar-refractivity contribution in [3.05, 3.63) is 24.3 Å². The van der Waals surface area contributed by atoms with Crippen LogP contribution in [0.15, 0.2) is 24.3 Å². The van der Waals surface area contributed by atoms with Gasteiger partial charge in [0.1, 0.15) is 0 Å². The Morgan fingerprint density at radius 1 is 0.481 bits per heavy atom. The third-order valence-electron chi connectivity index (χ3n) is 7.30. The van der Waals surface area contributed by atoms with Gasteiger partial charge in [-0.1, -0.05) is 141 Å². The van der Waals surface area contributed by atoms with E-state index >= 15 is 0 Å². The molecule has 0 aliphatic rings. The number of allylic oxidation sites excluding steroid dienone is 4. The molecule has 2 N–H and O–H groups in total. The van der Waals surface area contributed by atoms with E-state index < -0.39 is 30.3 Å². The number of rotatable bonds is 30. The van der Waals surface area contributed by atoms with Gasteiger partial charge in [0.2, 0.25) is 0 Å². The van der Waals surface area contributed by atoms with Gasteiger partial charge in [0.15, 0.2) is 0 Å². The van der Waals surface area contributed by atoms with Crippen molar-refractivity contribution in [3.8, 4) is 0 Å². The van der Waals surface area contributed by atoms with Gasteiger partial charge in [-0.25, -0.2) is 0 Å². The quantitative estimate of drug-likeness (QED) is 0.0400. The molecule has 0 aromatic rings. The van der Waals surface area contributed by atoms with Crippen LogP contribution in [0.25, 0.3) is 0 Å². The fourth-order valence-electron chi connectivity index (χ4n) is 4.69. The number of carbonyl (C=O) groups excluding carboxylic acids is 1. The van der Waals surface area contributed by atoms with Gasteiger partial charge < -0.3 is 43.1 Å². The van der Waals surface area contributed by atoms with Gasteiger partial charge in [0.05, 0.1) is 0 Å². The van der Waals surface area contributed by atoms with Crippen LogP contribution in [0.5, 0.6) is 0 Å². The summed E-state index contributed by atoms with van der Waals surface area (Å²) < 4.78 is 17.1. The smallest absolute Gasteiger partial charge is 0.672 e. The number of aliphatic carboxylic acids is 2. The Balaban J connectivity index is -0.0000000962. The normalized spacial score (nSPS) is 9.58. The molecule has 0 atom stereocenters. The van der Waals surface area contributed by atoms with Gasteiger partial charge in [-0.3, -0.25) is 4.79 Å². The Morgan fingerprint density at radius 3 is 0.923 bits per heavy atom. The summed E-state index contributed by atoms with van der Waals surface area (Å²) in [5.74, 6) is -1.58. The van der Waals surface area contributed by atoms with Crippen molar-refractivity contribution in [2.75, 3.05) is 0 Å². The van der Waals surface area contributed by atoms with E-state index in [2.05, 4.69) is 38.2 Å². The largest absolute Gasteiger partial charge is 1.00 e. The SMILES string of the molecule is CCCCCCCC/C=C\CCCCCCCC(=O)O.CCCCCCCC/C=C\CCCCCCCC(=O)[O-].O=[Si]([O-])O.O=[Si]([O-])[O-].[Na+].[Na+].[Na+].[Na+]. The van der Waals surface area contributed by atoms with Crippen molar-refractivity contribution < 1.29 is 166 Å². The van der Waals surface area contributed by atoms with Crippen molar-refractivity contribution in [1.29, 1.82) is 0 Å². The first-order chi connectivity index (χ1) is 23.0. The van der Waals surface area contributed by atoms with Crippen LogP contribution in [0.3, 0.4) is 0 Å². The van der Waals surface area contributed by atoms with E-state index in [4.69, 9.17) is 33.2 Å². The molecule has 0 aliphatic heterocycles. The van der Waals surface area contributed by atoms with Crippen LogP contribution in [0.2, 0.25) is 0 Å². The van der Waals surface area contributed by atoms with Crippen molar-refractivity contribution in [2.24, 2.45) is 0 Å². The zero-order chi connectivity index (χ0) is 36.9. The number of carbonyl (C=O) groups is 2. The van der Waals surface area contributed by atoms with Gasteiger partial charge in [0.25, 0.3) is 0 Å². The van der Waals surface area contributed by atoms with E-state index in [1.165, 1.54) is 135 Å². The molecule has 52 heavy (non-hydrogen) atoms. The molecule has 0 heterocycles. The molecule has 0 saturated heterocycles. The Hall–Kier alpha value is 1.65. The molecule has 0 unspecified atom stereocenters. The van der Waals surface area contributed by atoms with Crippen LogP contribution >= 0.6 is 0 Å². The summed E-state index contributed by atoms with van der Waals surface area (Å²) in [5.41, 5.74) is 0. The van der Waals surface area contributed by atoms with E-state index in [1.807, 2.05) is 0 Å². The Morgan fingerprint density at radius 2 is 0.692 bits per heavy atom. The first-order valence-corrected chi connectivity index (χ1v) is 21.0. The second-order valence-electron chi connectivity index (χ2n) is 12.0.